The molecule has 1 N–H and O–H groups in total. The monoisotopic (exact) mass is 417 g/mol. The summed E-state index contributed by atoms with van der Waals surface area (Å²) < 4.78 is 52.0. The number of carbonyl (C=O) groups excluding carboxylic acids is 1. The van der Waals surface area contributed by atoms with E-state index < -0.39 is 39.4 Å². The number of hydrogen-bond acceptors (Lipinski definition) is 2. The Morgan fingerprint density at radius 2 is 1.85 bits per heavy atom. The summed E-state index contributed by atoms with van der Waals surface area (Å²) in [5.41, 5.74) is 1.33. The molecule has 0 heterocycles. The second-order valence-corrected chi connectivity index (χ2v) is 8.47. The molecule has 0 saturated heterocycles. The lowest BCUT2D eigenvalue weighted by atomic mass is 10.1. The number of anilines is 1. The van der Waals surface area contributed by atoms with E-state index in [1.807, 2.05) is 32.0 Å². The summed E-state index contributed by atoms with van der Waals surface area (Å²) in [6.45, 7) is 5.21. The van der Waals surface area contributed by atoms with Crippen molar-refractivity contribution >= 4 is 34.0 Å². The fraction of sp³-hybridized carbons (Fsp3) is 0.316. The molecule has 0 aliphatic rings. The van der Waals surface area contributed by atoms with Crippen molar-refractivity contribution in [1.29, 1.82) is 0 Å². The van der Waals surface area contributed by atoms with Gasteiger partial charge in [0.1, 0.15) is 5.25 Å². The first-order chi connectivity index (χ1) is 12.5. The van der Waals surface area contributed by atoms with Crippen molar-refractivity contribution in [2.75, 3.05) is 5.32 Å². The number of rotatable bonds is 5. The van der Waals surface area contributed by atoms with Gasteiger partial charge >= 0.3 is 6.18 Å². The molecule has 27 heavy (non-hydrogen) atoms. The van der Waals surface area contributed by atoms with E-state index in [4.69, 9.17) is 11.6 Å². The van der Waals surface area contributed by atoms with Gasteiger partial charge in [0.2, 0.25) is 5.91 Å². The molecule has 0 aromatic heterocycles. The van der Waals surface area contributed by atoms with Crippen LogP contribution in [-0.4, -0.2) is 15.4 Å². The van der Waals surface area contributed by atoms with Gasteiger partial charge in [-0.3, -0.25) is 9.00 Å². The van der Waals surface area contributed by atoms with Crippen LogP contribution in [0.15, 0.2) is 36.4 Å². The van der Waals surface area contributed by atoms with Crippen LogP contribution in [0.4, 0.5) is 18.9 Å². The molecule has 146 valence electrons. The first-order valence-electron chi connectivity index (χ1n) is 8.10. The van der Waals surface area contributed by atoms with Gasteiger partial charge in [-0.1, -0.05) is 35.4 Å². The van der Waals surface area contributed by atoms with Gasteiger partial charge in [-0.2, -0.15) is 13.2 Å². The van der Waals surface area contributed by atoms with Crippen molar-refractivity contribution < 1.29 is 22.2 Å². The van der Waals surface area contributed by atoms with Gasteiger partial charge < -0.3 is 5.32 Å². The lowest BCUT2D eigenvalue weighted by molar-refractivity contribution is -0.137. The maximum Gasteiger partial charge on any atom is 0.418 e. The highest BCUT2D eigenvalue weighted by Gasteiger charge is 2.34. The predicted molar refractivity (Wildman–Crippen MR) is 102 cm³/mol. The highest BCUT2D eigenvalue weighted by Crippen LogP contribution is 2.36. The average Bonchev–Trinajstić information content (AvgIpc) is 2.58. The van der Waals surface area contributed by atoms with E-state index >= 15 is 0 Å². The van der Waals surface area contributed by atoms with Crippen LogP contribution in [0.1, 0.15) is 29.2 Å². The predicted octanol–water partition coefficient (Wildman–Crippen LogP) is 5.25. The average molecular weight is 418 g/mol. The number of alkyl halides is 3. The highest BCUT2D eigenvalue weighted by atomic mass is 35.5. The molecule has 2 aromatic carbocycles. The summed E-state index contributed by atoms with van der Waals surface area (Å²) in [7, 11) is -1.59. The zero-order valence-corrected chi connectivity index (χ0v) is 16.6. The van der Waals surface area contributed by atoms with E-state index in [1.54, 1.807) is 0 Å². The van der Waals surface area contributed by atoms with Crippen molar-refractivity contribution in [2.24, 2.45) is 0 Å². The SMILES string of the molecule is Cc1ccc(C)c(C[S@](=O)[C@@H](C)C(=O)Nc2ccc(Cl)cc2C(F)(F)F)c1. The third kappa shape index (κ3) is 5.56. The molecule has 0 radical (unpaired) electrons. The number of aryl methyl sites for hydroxylation is 2. The van der Waals surface area contributed by atoms with Crippen molar-refractivity contribution in [1.82, 2.24) is 0 Å². The number of hydrogen-bond donors (Lipinski definition) is 1. The summed E-state index contributed by atoms with van der Waals surface area (Å²) in [6.07, 6.45) is -4.67. The maximum atomic E-state index is 13.1. The van der Waals surface area contributed by atoms with Gasteiger partial charge in [-0.15, -0.1) is 0 Å². The summed E-state index contributed by atoms with van der Waals surface area (Å²) in [5, 5.41) is 1.15. The van der Waals surface area contributed by atoms with Crippen LogP contribution in [0.2, 0.25) is 5.02 Å². The van der Waals surface area contributed by atoms with Crippen molar-refractivity contribution in [3.05, 3.63) is 63.7 Å². The molecule has 0 fully saturated rings. The van der Waals surface area contributed by atoms with Crippen molar-refractivity contribution in [2.45, 2.75) is 38.0 Å². The summed E-state index contributed by atoms with van der Waals surface area (Å²) >= 11 is 5.63. The summed E-state index contributed by atoms with van der Waals surface area (Å²) in [4.78, 5) is 12.4. The zero-order valence-electron chi connectivity index (χ0n) is 15.0. The molecule has 2 atom stereocenters. The van der Waals surface area contributed by atoms with Crippen LogP contribution >= 0.6 is 11.6 Å². The van der Waals surface area contributed by atoms with E-state index in [0.29, 0.717) is 0 Å². The molecular formula is C19H19ClF3NO2S. The normalized spacial score (nSPS) is 13.9. The standard InChI is InChI=1S/C19H19ClF3NO2S/c1-11-4-5-12(2)14(8-11)10-27(26)13(3)18(25)24-17-7-6-15(20)9-16(17)19(21,22)23/h4-9,13H,10H2,1-3H3,(H,24,25)/t13-,27-/m0/s1. The molecule has 8 heteroatoms. The van der Waals surface area contributed by atoms with Crippen molar-refractivity contribution in [3.63, 3.8) is 0 Å². The minimum atomic E-state index is -4.67. The Balaban J connectivity index is 2.16. The molecule has 0 spiro atoms. The van der Waals surface area contributed by atoms with Gasteiger partial charge in [-0.25, -0.2) is 0 Å². The molecule has 0 aliphatic heterocycles. The maximum absolute atomic E-state index is 13.1. The molecule has 3 nitrogen and oxygen atoms in total. The lowest BCUT2D eigenvalue weighted by Gasteiger charge is -2.17. The Morgan fingerprint density at radius 3 is 2.48 bits per heavy atom. The molecule has 0 unspecified atom stereocenters. The Bertz CT molecular complexity index is 884. The smallest absolute Gasteiger partial charge is 0.324 e. The second-order valence-electron chi connectivity index (χ2n) is 6.27. The molecule has 1 amide bonds. The van der Waals surface area contributed by atoms with E-state index in [2.05, 4.69) is 5.32 Å². The minimum absolute atomic E-state index is 0.0909. The van der Waals surface area contributed by atoms with E-state index in [-0.39, 0.29) is 10.8 Å². The number of amides is 1. The lowest BCUT2D eigenvalue weighted by Crippen LogP contribution is -2.30. The fourth-order valence-corrected chi connectivity index (χ4v) is 3.79. The van der Waals surface area contributed by atoms with E-state index in [1.165, 1.54) is 13.0 Å². The van der Waals surface area contributed by atoms with Gasteiger partial charge in [0.25, 0.3) is 0 Å². The Kier molecular flexibility index (Phi) is 6.70. The first kappa shape index (κ1) is 21.4. The van der Waals surface area contributed by atoms with Gasteiger partial charge in [0.15, 0.2) is 0 Å². The fourth-order valence-electron chi connectivity index (χ4n) is 2.45. The number of carbonyl (C=O) groups is 1. The molecule has 0 bridgehead atoms. The zero-order chi connectivity index (χ0) is 20.4. The molecular weight excluding hydrogens is 399 g/mol. The summed E-state index contributed by atoms with van der Waals surface area (Å²) in [6, 6.07) is 8.80. The number of benzene rings is 2. The quantitative estimate of drug-likeness (QED) is 0.722. The Morgan fingerprint density at radius 1 is 1.19 bits per heavy atom. The van der Waals surface area contributed by atoms with Crippen molar-refractivity contribution in [3.8, 4) is 0 Å². The van der Waals surface area contributed by atoms with E-state index in [9.17, 15) is 22.2 Å². The largest absolute Gasteiger partial charge is 0.418 e. The molecule has 0 saturated carbocycles. The van der Waals surface area contributed by atoms with Gasteiger partial charge in [-0.05, 0) is 50.1 Å². The number of nitrogens with one attached hydrogen (secondary N) is 1. The van der Waals surface area contributed by atoms with Crippen LogP contribution in [0.5, 0.6) is 0 Å². The third-order valence-electron chi connectivity index (χ3n) is 4.11. The van der Waals surface area contributed by atoms with Crippen LogP contribution in [0.25, 0.3) is 0 Å². The number of halogens is 4. The Labute approximate surface area is 163 Å². The molecule has 2 aromatic rings. The van der Waals surface area contributed by atoms with Crippen LogP contribution in [-0.2, 0) is 27.5 Å². The van der Waals surface area contributed by atoms with E-state index in [0.717, 1.165) is 28.8 Å². The molecule has 0 aliphatic carbocycles. The van der Waals surface area contributed by atoms with Crippen LogP contribution in [0, 0.1) is 13.8 Å². The topological polar surface area (TPSA) is 46.2 Å². The second kappa shape index (κ2) is 8.44. The minimum Gasteiger partial charge on any atom is -0.324 e. The third-order valence-corrected chi connectivity index (χ3v) is 5.94. The van der Waals surface area contributed by atoms with Gasteiger partial charge in [0, 0.05) is 21.6 Å². The summed E-state index contributed by atoms with van der Waals surface area (Å²) in [5.74, 6) is -0.596. The van der Waals surface area contributed by atoms with Gasteiger partial charge in [0.05, 0.1) is 11.3 Å². The van der Waals surface area contributed by atoms with Crippen LogP contribution < -0.4 is 5.32 Å². The van der Waals surface area contributed by atoms with Crippen LogP contribution in [0.3, 0.4) is 0 Å². The first-order valence-corrected chi connectivity index (χ1v) is 9.86. The Hall–Kier alpha value is -1.86. The molecule has 2 rings (SSSR count). The highest BCUT2D eigenvalue weighted by molar-refractivity contribution is 7.85.